The molecule has 0 saturated carbocycles. The van der Waals surface area contributed by atoms with E-state index in [0.29, 0.717) is 13.1 Å². The van der Waals surface area contributed by atoms with Crippen LogP contribution in [0.3, 0.4) is 0 Å². The second kappa shape index (κ2) is 8.79. The number of anilines is 2. The molecule has 0 radical (unpaired) electrons. The molecular formula is C24H27N3O3. The Balaban J connectivity index is 1.28. The van der Waals surface area contributed by atoms with Gasteiger partial charge in [0.15, 0.2) is 5.78 Å². The topological polar surface area (TPSA) is 69.7 Å². The van der Waals surface area contributed by atoms with Crippen LogP contribution in [0.4, 0.5) is 11.4 Å². The number of hydrogen-bond acceptors (Lipinski definition) is 4. The van der Waals surface area contributed by atoms with Gasteiger partial charge in [0.1, 0.15) is 0 Å². The average Bonchev–Trinajstić information content (AvgIpc) is 3.18. The van der Waals surface area contributed by atoms with Gasteiger partial charge < -0.3 is 10.2 Å². The fraction of sp³-hybridized carbons (Fsp3) is 0.375. The van der Waals surface area contributed by atoms with Crippen LogP contribution < -0.4 is 10.2 Å². The number of amides is 2. The second-order valence-electron chi connectivity index (χ2n) is 8.09. The zero-order valence-corrected chi connectivity index (χ0v) is 17.3. The van der Waals surface area contributed by atoms with E-state index in [0.717, 1.165) is 54.9 Å². The van der Waals surface area contributed by atoms with E-state index in [4.69, 9.17) is 0 Å². The highest BCUT2D eigenvalue weighted by Crippen LogP contribution is 2.30. The molecule has 2 amide bonds. The van der Waals surface area contributed by atoms with Gasteiger partial charge in [-0.2, -0.15) is 0 Å². The van der Waals surface area contributed by atoms with Gasteiger partial charge in [0, 0.05) is 36.3 Å². The SMILES string of the molecule is CC(=O)N1CCc2cc(NC(=O)CN3CCC(C(=O)c4ccccc4)CC3)ccc21. The van der Waals surface area contributed by atoms with Crippen molar-refractivity contribution in [3.05, 3.63) is 59.7 Å². The number of hydrogen-bond donors (Lipinski definition) is 1. The van der Waals surface area contributed by atoms with E-state index < -0.39 is 0 Å². The molecule has 0 spiro atoms. The van der Waals surface area contributed by atoms with E-state index in [9.17, 15) is 14.4 Å². The van der Waals surface area contributed by atoms with Gasteiger partial charge in [0.05, 0.1) is 6.54 Å². The third-order valence-corrected chi connectivity index (χ3v) is 6.02. The molecule has 2 aliphatic rings. The normalized spacial score (nSPS) is 16.9. The maximum absolute atomic E-state index is 12.6. The van der Waals surface area contributed by atoms with Crippen LogP contribution in [0.2, 0.25) is 0 Å². The van der Waals surface area contributed by atoms with Gasteiger partial charge in [-0.1, -0.05) is 30.3 Å². The van der Waals surface area contributed by atoms with Gasteiger partial charge in [-0.3, -0.25) is 19.3 Å². The van der Waals surface area contributed by atoms with Crippen molar-refractivity contribution in [3.8, 4) is 0 Å². The number of likely N-dealkylation sites (tertiary alicyclic amines) is 1. The van der Waals surface area contributed by atoms with Crippen molar-refractivity contribution in [2.45, 2.75) is 26.2 Å². The van der Waals surface area contributed by atoms with E-state index in [2.05, 4.69) is 10.2 Å². The Hall–Kier alpha value is -2.99. The Kier molecular flexibility index (Phi) is 5.95. The number of carbonyl (C=O) groups is 3. The van der Waals surface area contributed by atoms with Gasteiger partial charge in [-0.15, -0.1) is 0 Å². The van der Waals surface area contributed by atoms with E-state index in [1.54, 1.807) is 11.8 Å². The van der Waals surface area contributed by atoms with Crippen molar-refractivity contribution in [1.29, 1.82) is 0 Å². The summed E-state index contributed by atoms with van der Waals surface area (Å²) in [6.45, 7) is 4.08. The monoisotopic (exact) mass is 405 g/mol. The quantitative estimate of drug-likeness (QED) is 0.776. The maximum Gasteiger partial charge on any atom is 0.238 e. The van der Waals surface area contributed by atoms with E-state index in [-0.39, 0.29) is 23.5 Å². The summed E-state index contributed by atoms with van der Waals surface area (Å²) in [5.74, 6) is 0.231. The summed E-state index contributed by atoms with van der Waals surface area (Å²) in [5.41, 5.74) is 3.56. The fourth-order valence-electron chi connectivity index (χ4n) is 4.40. The zero-order chi connectivity index (χ0) is 21.1. The highest BCUT2D eigenvalue weighted by atomic mass is 16.2. The first kappa shape index (κ1) is 20.3. The Morgan fingerprint density at radius 3 is 2.43 bits per heavy atom. The molecule has 0 bridgehead atoms. The highest BCUT2D eigenvalue weighted by Gasteiger charge is 2.27. The maximum atomic E-state index is 12.6. The molecule has 2 heterocycles. The zero-order valence-electron chi connectivity index (χ0n) is 17.3. The molecule has 4 rings (SSSR count). The van der Waals surface area contributed by atoms with Crippen molar-refractivity contribution >= 4 is 29.0 Å². The van der Waals surface area contributed by atoms with Gasteiger partial charge in [0.25, 0.3) is 0 Å². The molecule has 30 heavy (non-hydrogen) atoms. The molecule has 1 saturated heterocycles. The minimum atomic E-state index is -0.0517. The van der Waals surface area contributed by atoms with Crippen LogP contribution in [0.1, 0.15) is 35.7 Å². The lowest BCUT2D eigenvalue weighted by Crippen LogP contribution is -2.40. The predicted molar refractivity (Wildman–Crippen MR) is 117 cm³/mol. The van der Waals surface area contributed by atoms with E-state index >= 15 is 0 Å². The minimum absolute atomic E-state index is 0.0349. The summed E-state index contributed by atoms with van der Waals surface area (Å²) in [6, 6.07) is 15.2. The highest BCUT2D eigenvalue weighted by molar-refractivity contribution is 5.98. The third-order valence-electron chi connectivity index (χ3n) is 6.02. The summed E-state index contributed by atoms with van der Waals surface area (Å²) in [5, 5.41) is 2.97. The number of rotatable bonds is 5. The first-order valence-corrected chi connectivity index (χ1v) is 10.5. The lowest BCUT2D eigenvalue weighted by molar-refractivity contribution is -0.118. The van der Waals surface area contributed by atoms with Crippen molar-refractivity contribution in [1.82, 2.24) is 4.90 Å². The summed E-state index contributed by atoms with van der Waals surface area (Å²) in [4.78, 5) is 40.7. The Labute approximate surface area is 176 Å². The van der Waals surface area contributed by atoms with Crippen LogP contribution in [0.25, 0.3) is 0 Å². The number of Topliss-reactive ketones (excluding diaryl/α,β-unsaturated/α-hetero) is 1. The molecule has 0 aromatic heterocycles. The van der Waals surface area contributed by atoms with Crippen molar-refractivity contribution in [2.24, 2.45) is 5.92 Å². The molecule has 2 aliphatic heterocycles. The Morgan fingerprint density at radius 2 is 1.73 bits per heavy atom. The molecule has 2 aromatic carbocycles. The average molecular weight is 405 g/mol. The van der Waals surface area contributed by atoms with Crippen LogP contribution in [-0.4, -0.2) is 48.7 Å². The van der Waals surface area contributed by atoms with Crippen molar-refractivity contribution < 1.29 is 14.4 Å². The summed E-state index contributed by atoms with van der Waals surface area (Å²) >= 11 is 0. The minimum Gasteiger partial charge on any atom is -0.325 e. The van der Waals surface area contributed by atoms with Gasteiger partial charge in [-0.05, 0) is 56.1 Å². The first-order valence-electron chi connectivity index (χ1n) is 10.5. The molecule has 1 N–H and O–H groups in total. The molecule has 1 fully saturated rings. The van der Waals surface area contributed by atoms with Crippen molar-refractivity contribution in [2.75, 3.05) is 36.4 Å². The summed E-state index contributed by atoms with van der Waals surface area (Å²) in [7, 11) is 0. The van der Waals surface area contributed by atoms with Crippen molar-refractivity contribution in [3.63, 3.8) is 0 Å². The lowest BCUT2D eigenvalue weighted by Gasteiger charge is -2.30. The molecule has 6 nitrogen and oxygen atoms in total. The molecule has 0 aliphatic carbocycles. The Morgan fingerprint density at radius 1 is 1.00 bits per heavy atom. The van der Waals surface area contributed by atoms with E-state index in [1.807, 2.05) is 48.5 Å². The molecule has 6 heteroatoms. The first-order chi connectivity index (χ1) is 14.5. The van der Waals surface area contributed by atoms with Crippen LogP contribution in [-0.2, 0) is 16.0 Å². The number of fused-ring (bicyclic) bond motifs is 1. The molecule has 156 valence electrons. The number of nitrogens with one attached hydrogen (secondary N) is 1. The second-order valence-corrected chi connectivity index (χ2v) is 8.09. The molecule has 2 aromatic rings. The lowest BCUT2D eigenvalue weighted by atomic mass is 9.89. The largest absolute Gasteiger partial charge is 0.325 e. The van der Waals surface area contributed by atoms with Gasteiger partial charge in [0.2, 0.25) is 11.8 Å². The molecule has 0 unspecified atom stereocenters. The van der Waals surface area contributed by atoms with Crippen LogP contribution in [0.15, 0.2) is 48.5 Å². The molecule has 0 atom stereocenters. The van der Waals surface area contributed by atoms with Crippen LogP contribution in [0.5, 0.6) is 0 Å². The smallest absolute Gasteiger partial charge is 0.238 e. The number of carbonyl (C=O) groups excluding carboxylic acids is 3. The van der Waals surface area contributed by atoms with Gasteiger partial charge >= 0.3 is 0 Å². The number of benzene rings is 2. The van der Waals surface area contributed by atoms with Crippen LogP contribution >= 0.6 is 0 Å². The Bertz CT molecular complexity index is 949. The van der Waals surface area contributed by atoms with E-state index in [1.165, 1.54) is 0 Å². The standard InChI is InChI=1S/C24H27N3O3/c1-17(28)27-14-11-20-15-21(7-8-22(20)27)25-23(29)16-26-12-9-19(10-13-26)24(30)18-5-3-2-4-6-18/h2-8,15,19H,9-14,16H2,1H3,(H,25,29). The summed E-state index contributed by atoms with van der Waals surface area (Å²) < 4.78 is 0. The fourth-order valence-corrected chi connectivity index (χ4v) is 4.40. The number of ketones is 1. The molecular weight excluding hydrogens is 378 g/mol. The summed E-state index contributed by atoms with van der Waals surface area (Å²) in [6.07, 6.45) is 2.36. The third kappa shape index (κ3) is 4.44. The van der Waals surface area contributed by atoms with Gasteiger partial charge in [-0.25, -0.2) is 0 Å². The number of nitrogens with zero attached hydrogens (tertiary/aromatic N) is 2. The predicted octanol–water partition coefficient (Wildman–Crippen LogP) is 3.13. The number of piperidine rings is 1. The van der Waals surface area contributed by atoms with Crippen LogP contribution in [0, 0.1) is 5.92 Å².